The molecule has 0 amide bonds. The average Bonchev–Trinajstić information content (AvgIpc) is 3.84. The third-order valence-corrected chi connectivity index (χ3v) is 11.0. The number of nitrogens with one attached hydrogen (secondary N) is 1. The number of ether oxygens (including phenoxy) is 2. The molecule has 2 aromatic heterocycles. The van der Waals surface area contributed by atoms with Crippen molar-refractivity contribution in [3.8, 4) is 53.4 Å². The van der Waals surface area contributed by atoms with Crippen LogP contribution >= 0.6 is 0 Å². The summed E-state index contributed by atoms with van der Waals surface area (Å²) >= 11 is 0. The Morgan fingerprint density at radius 3 is 2.39 bits per heavy atom. The molecule has 51 heavy (non-hydrogen) atoms. The van der Waals surface area contributed by atoms with Crippen molar-refractivity contribution in [2.24, 2.45) is 10.8 Å². The van der Waals surface area contributed by atoms with Crippen LogP contribution in [0.5, 0.6) is 17.6 Å². The summed E-state index contributed by atoms with van der Waals surface area (Å²) in [4.78, 5) is 18.5. The fourth-order valence-electron chi connectivity index (χ4n) is 8.00. The lowest BCUT2D eigenvalue weighted by Crippen LogP contribution is -2.51. The number of phenols is 1. The van der Waals surface area contributed by atoms with Crippen molar-refractivity contribution in [2.45, 2.75) is 50.6 Å². The summed E-state index contributed by atoms with van der Waals surface area (Å²) < 4.78 is 44.2. The molecule has 2 bridgehead atoms. The Hall–Kier alpha value is -5.29. The Kier molecular flexibility index (Phi) is 8.05. The number of nitrogens with zero attached hydrogens (tertiary/aromatic N) is 7. The summed E-state index contributed by atoms with van der Waals surface area (Å²) in [6.45, 7) is 3.64. The molecule has 0 radical (unpaired) electrons. The number of aromatic hydroxyl groups is 1. The van der Waals surface area contributed by atoms with E-state index in [1.54, 1.807) is 0 Å². The fraction of sp³-hybridized carbons (Fsp3) is 0.447. The quantitative estimate of drug-likeness (QED) is 0.240. The number of benzene rings is 2. The molecule has 4 aliphatic rings. The van der Waals surface area contributed by atoms with Gasteiger partial charge in [0.15, 0.2) is 5.82 Å². The lowest BCUT2D eigenvalue weighted by Gasteiger charge is -2.35. The summed E-state index contributed by atoms with van der Waals surface area (Å²) in [6, 6.07) is 10.3. The molecule has 8 rings (SSSR count). The van der Waals surface area contributed by atoms with E-state index in [1.807, 2.05) is 0 Å². The molecular formula is C38H36F2N8O3. The van der Waals surface area contributed by atoms with Crippen molar-refractivity contribution >= 4 is 27.5 Å². The summed E-state index contributed by atoms with van der Waals surface area (Å²) in [5.41, 5.74) is -1.37. The molecule has 4 aromatic rings. The van der Waals surface area contributed by atoms with Crippen molar-refractivity contribution < 1.29 is 23.4 Å². The normalized spacial score (nSPS) is 21.9. The Balaban J connectivity index is 1.20. The number of aromatic nitrogens is 3. The topological polar surface area (TPSA) is 143 Å². The molecule has 3 aliphatic heterocycles. The van der Waals surface area contributed by atoms with Gasteiger partial charge in [0.2, 0.25) is 5.88 Å². The molecule has 260 valence electrons. The minimum absolute atomic E-state index is 0.00973. The van der Waals surface area contributed by atoms with E-state index in [1.165, 1.54) is 31.4 Å². The number of hydrogen-bond acceptors (Lipinski definition) is 11. The Morgan fingerprint density at radius 2 is 1.75 bits per heavy atom. The summed E-state index contributed by atoms with van der Waals surface area (Å²) in [6.07, 6.45) is 10.6. The molecule has 2 N–H and O–H groups in total. The van der Waals surface area contributed by atoms with Crippen LogP contribution in [0.15, 0.2) is 24.3 Å². The van der Waals surface area contributed by atoms with Gasteiger partial charge in [-0.05, 0) is 62.1 Å². The van der Waals surface area contributed by atoms with Gasteiger partial charge in [0.05, 0.1) is 31.4 Å². The van der Waals surface area contributed by atoms with E-state index in [4.69, 9.17) is 20.9 Å². The third-order valence-electron chi connectivity index (χ3n) is 11.0. The number of fused-ring (bicyclic) bond motifs is 4. The highest BCUT2D eigenvalue weighted by atomic mass is 19.1. The zero-order valence-electron chi connectivity index (χ0n) is 28.2. The number of methoxy groups -OCH3 is 1. The predicted molar refractivity (Wildman–Crippen MR) is 185 cm³/mol. The molecule has 2 aromatic carbocycles. The van der Waals surface area contributed by atoms with Crippen LogP contribution in [0.1, 0.15) is 44.1 Å². The van der Waals surface area contributed by atoms with Crippen LogP contribution in [0.25, 0.3) is 32.9 Å². The summed E-state index contributed by atoms with van der Waals surface area (Å²) in [7, 11) is 1.43. The van der Waals surface area contributed by atoms with E-state index >= 15 is 4.39 Å². The lowest BCUT2D eigenvalue weighted by atomic mass is 9.81. The van der Waals surface area contributed by atoms with Gasteiger partial charge in [0.25, 0.3) is 0 Å². The number of piperazine rings is 1. The Morgan fingerprint density at radius 1 is 1.02 bits per heavy atom. The molecule has 1 saturated carbocycles. The highest BCUT2D eigenvalue weighted by Gasteiger charge is 2.47. The Bertz CT molecular complexity index is 2170. The number of likely N-dealkylation sites (tertiary alicyclic amines) is 1. The first kappa shape index (κ1) is 32.9. The fourth-order valence-corrected chi connectivity index (χ4v) is 8.00. The first-order chi connectivity index (χ1) is 24.7. The maximum Gasteiger partial charge on any atom is 0.319 e. The van der Waals surface area contributed by atoms with Crippen LogP contribution in [0.2, 0.25) is 0 Å². The minimum Gasteiger partial charge on any atom is -0.508 e. The molecule has 11 nitrogen and oxygen atoms in total. The standard InChI is InChI=1S/C38H36F2N8O3/c1-3-26-28(39)7-4-22-14-25(49)15-27(29(22)26)32-31(40)33-30(35(44-32)50-2)34(48-16-23-5-6-24(17-48)43-23)46-36(45-33)51-21-38(8-9-38)20-47-12-10-37(18-41,19-42)11-13-47/h1,4,7,14-15,23-24,43,49H,5-6,8-13,16-17,20-21H2,2H3. The number of rotatable bonds is 8. The highest BCUT2D eigenvalue weighted by Crippen LogP contribution is 2.48. The number of anilines is 1. The van der Waals surface area contributed by atoms with Gasteiger partial charge in [-0.2, -0.15) is 20.5 Å². The molecule has 0 spiro atoms. The van der Waals surface area contributed by atoms with E-state index in [-0.39, 0.29) is 68.2 Å². The monoisotopic (exact) mass is 690 g/mol. The van der Waals surface area contributed by atoms with Gasteiger partial charge in [-0.3, -0.25) is 0 Å². The number of halogens is 2. The molecule has 2 unspecified atom stereocenters. The number of nitriles is 2. The minimum atomic E-state index is -0.928. The van der Waals surface area contributed by atoms with Gasteiger partial charge in [-0.25, -0.2) is 13.8 Å². The van der Waals surface area contributed by atoms with E-state index in [0.717, 1.165) is 32.2 Å². The number of phenolic OH excluding ortho intramolecular Hbond substituents is 1. The van der Waals surface area contributed by atoms with Crippen LogP contribution in [0.4, 0.5) is 14.6 Å². The van der Waals surface area contributed by atoms with Crippen molar-refractivity contribution in [2.75, 3.05) is 51.3 Å². The first-order valence-corrected chi connectivity index (χ1v) is 17.2. The molecule has 4 fully saturated rings. The SMILES string of the molecule is C#Cc1c(F)ccc2cc(O)cc(-c3nc(OC)c4c(N5CC6CCC(C5)N6)nc(OCC5(CN6CCC(C#N)(C#N)CC6)CC5)nc4c3F)c12. The second-order valence-electron chi connectivity index (χ2n) is 14.4. The molecule has 3 saturated heterocycles. The molecule has 2 atom stereocenters. The second kappa shape index (κ2) is 12.5. The van der Waals surface area contributed by atoms with Crippen molar-refractivity contribution in [1.82, 2.24) is 25.2 Å². The van der Waals surface area contributed by atoms with Gasteiger partial charge >= 0.3 is 6.01 Å². The van der Waals surface area contributed by atoms with Gasteiger partial charge in [0.1, 0.15) is 39.4 Å². The van der Waals surface area contributed by atoms with Crippen molar-refractivity contribution in [3.63, 3.8) is 0 Å². The summed E-state index contributed by atoms with van der Waals surface area (Å²) in [5.74, 6) is 1.24. The van der Waals surface area contributed by atoms with Gasteiger partial charge in [0, 0.05) is 61.2 Å². The maximum atomic E-state index is 17.1. The molecule has 1 aliphatic carbocycles. The Labute approximate surface area is 293 Å². The second-order valence-corrected chi connectivity index (χ2v) is 14.4. The van der Waals surface area contributed by atoms with Crippen molar-refractivity contribution in [3.05, 3.63) is 41.5 Å². The van der Waals surface area contributed by atoms with Crippen LogP contribution in [-0.2, 0) is 0 Å². The number of terminal acetylenes is 1. The maximum absolute atomic E-state index is 17.1. The van der Waals surface area contributed by atoms with Crippen molar-refractivity contribution in [1.29, 1.82) is 10.5 Å². The van der Waals surface area contributed by atoms with E-state index < -0.39 is 17.0 Å². The van der Waals surface area contributed by atoms with E-state index in [9.17, 15) is 20.0 Å². The lowest BCUT2D eigenvalue weighted by molar-refractivity contribution is 0.117. The highest BCUT2D eigenvalue weighted by molar-refractivity contribution is 6.04. The predicted octanol–water partition coefficient (Wildman–Crippen LogP) is 5.05. The summed E-state index contributed by atoms with van der Waals surface area (Å²) in [5, 5.41) is 34.3. The smallest absolute Gasteiger partial charge is 0.319 e. The van der Waals surface area contributed by atoms with Crippen LogP contribution in [0.3, 0.4) is 0 Å². The van der Waals surface area contributed by atoms with Crippen LogP contribution < -0.4 is 19.7 Å². The average molecular weight is 691 g/mol. The van der Waals surface area contributed by atoms with E-state index in [2.05, 4.69) is 43.1 Å². The van der Waals surface area contributed by atoms with Crippen LogP contribution in [-0.4, -0.2) is 83.5 Å². The largest absolute Gasteiger partial charge is 0.508 e. The molecule has 5 heterocycles. The van der Waals surface area contributed by atoms with E-state index in [0.29, 0.717) is 56.8 Å². The zero-order valence-corrected chi connectivity index (χ0v) is 28.2. The third kappa shape index (κ3) is 5.79. The zero-order chi connectivity index (χ0) is 35.5. The van der Waals surface area contributed by atoms with Gasteiger partial charge < -0.3 is 29.7 Å². The number of hydrogen-bond donors (Lipinski definition) is 2. The van der Waals surface area contributed by atoms with Gasteiger partial charge in [-0.15, -0.1) is 6.42 Å². The first-order valence-electron chi connectivity index (χ1n) is 17.2. The van der Waals surface area contributed by atoms with Gasteiger partial charge in [-0.1, -0.05) is 12.0 Å². The number of piperidine rings is 1. The molecule has 13 heteroatoms. The number of pyridine rings is 1. The molecular weight excluding hydrogens is 654 g/mol. The van der Waals surface area contributed by atoms with Crippen LogP contribution in [0, 0.1) is 57.5 Å².